The summed E-state index contributed by atoms with van der Waals surface area (Å²) < 4.78 is 51.5. The summed E-state index contributed by atoms with van der Waals surface area (Å²) in [5.41, 5.74) is -1.46. The molecule has 1 saturated heterocycles. The summed E-state index contributed by atoms with van der Waals surface area (Å²) in [5.74, 6) is 0. The van der Waals surface area contributed by atoms with E-state index in [1.165, 1.54) is 11.1 Å². The van der Waals surface area contributed by atoms with Gasteiger partial charge in [0, 0.05) is 12.6 Å². The van der Waals surface area contributed by atoms with E-state index in [1.807, 2.05) is 4.98 Å². The molecule has 0 bridgehead atoms. The molecule has 1 aromatic heterocycles. The monoisotopic (exact) mass is 589 g/mol. The number of hydrogen-bond acceptors (Lipinski definition) is 11. The molecule has 0 saturated carbocycles. The molecule has 2 rings (SSSR count). The molecule has 3 unspecified atom stereocenters. The molecule has 0 spiro atoms. The SMILES string of the molecule is N.O=c1[nH]c(=O)n([C@H]2CC(O)[C@@H](COP(=O)(O)OP(=O)(O)OP(=O)(O)O)O2)cc1/C=C/Br. The molecule has 21 heteroatoms. The van der Waals surface area contributed by atoms with Gasteiger partial charge in [0.1, 0.15) is 12.3 Å². The first kappa shape index (κ1) is 29.2. The summed E-state index contributed by atoms with van der Waals surface area (Å²) in [6.07, 6.45) is -1.49. The molecule has 1 aromatic rings. The maximum Gasteiger partial charge on any atom is 0.490 e. The minimum absolute atomic E-state index is 0. The second-order valence-corrected chi connectivity index (χ2v) is 10.8. The lowest BCUT2D eigenvalue weighted by Crippen LogP contribution is -2.33. The average molecular weight is 590 g/mol. The van der Waals surface area contributed by atoms with Gasteiger partial charge in [0.25, 0.3) is 5.56 Å². The summed E-state index contributed by atoms with van der Waals surface area (Å²) in [6.45, 7) is -0.895. The van der Waals surface area contributed by atoms with Gasteiger partial charge in [-0.3, -0.25) is 18.9 Å². The summed E-state index contributed by atoms with van der Waals surface area (Å²) in [6, 6.07) is 0. The first-order chi connectivity index (χ1) is 14.1. The predicted octanol–water partition coefficient (Wildman–Crippen LogP) is 0.0559. The number of ether oxygens (including phenoxy) is 1. The van der Waals surface area contributed by atoms with Crippen molar-refractivity contribution in [2.24, 2.45) is 0 Å². The molecule has 2 heterocycles. The van der Waals surface area contributed by atoms with Gasteiger partial charge in [0.05, 0.1) is 18.3 Å². The van der Waals surface area contributed by atoms with Gasteiger partial charge >= 0.3 is 29.2 Å². The Labute approximate surface area is 186 Å². The van der Waals surface area contributed by atoms with Crippen LogP contribution in [0.3, 0.4) is 0 Å². The maximum absolute atomic E-state index is 12.0. The molecule has 0 aromatic carbocycles. The highest BCUT2D eigenvalue weighted by molar-refractivity contribution is 9.11. The van der Waals surface area contributed by atoms with Crippen LogP contribution >= 0.6 is 39.4 Å². The maximum atomic E-state index is 12.0. The van der Waals surface area contributed by atoms with E-state index in [0.29, 0.717) is 0 Å². The molecular formula is C11H19BrN3O14P3. The first-order valence-corrected chi connectivity index (χ1v) is 13.3. The van der Waals surface area contributed by atoms with E-state index < -0.39 is 59.8 Å². The molecule has 17 nitrogen and oxygen atoms in total. The predicted molar refractivity (Wildman–Crippen MR) is 109 cm³/mol. The van der Waals surface area contributed by atoms with Crippen molar-refractivity contribution >= 4 is 45.5 Å². The van der Waals surface area contributed by atoms with Crippen molar-refractivity contribution in [3.8, 4) is 0 Å². The molecule has 1 fully saturated rings. The summed E-state index contributed by atoms with van der Waals surface area (Å²) in [5, 5.41) is 10.1. The Balaban J connectivity index is 0.00000512. The minimum atomic E-state index is -5.69. The van der Waals surface area contributed by atoms with Crippen molar-refractivity contribution in [2.75, 3.05) is 6.61 Å². The van der Waals surface area contributed by atoms with Crippen LogP contribution in [-0.4, -0.2) is 53.0 Å². The lowest BCUT2D eigenvalue weighted by Gasteiger charge is -2.19. The third-order valence-corrected chi connectivity index (χ3v) is 7.64. The largest absolute Gasteiger partial charge is 0.490 e. The lowest BCUT2D eigenvalue weighted by atomic mass is 10.2. The Morgan fingerprint density at radius 3 is 2.38 bits per heavy atom. The third-order valence-electron chi connectivity index (χ3n) is 3.57. The number of aliphatic hydroxyl groups excluding tert-OH is 1. The van der Waals surface area contributed by atoms with Gasteiger partial charge in [-0.15, -0.1) is 0 Å². The van der Waals surface area contributed by atoms with Crippen molar-refractivity contribution in [1.29, 1.82) is 0 Å². The zero-order valence-electron chi connectivity index (χ0n) is 15.7. The van der Waals surface area contributed by atoms with Crippen LogP contribution in [0.1, 0.15) is 18.2 Å². The fourth-order valence-electron chi connectivity index (χ4n) is 2.41. The molecule has 32 heavy (non-hydrogen) atoms. The minimum Gasteiger partial charge on any atom is -0.390 e. The van der Waals surface area contributed by atoms with E-state index in [-0.39, 0.29) is 18.1 Å². The number of H-pyrrole nitrogens is 1. The van der Waals surface area contributed by atoms with Crippen molar-refractivity contribution in [3.63, 3.8) is 0 Å². The number of hydrogen-bond donors (Lipinski definition) is 7. The Bertz CT molecular complexity index is 1100. The highest BCUT2D eigenvalue weighted by Crippen LogP contribution is 2.66. The highest BCUT2D eigenvalue weighted by Gasteiger charge is 2.42. The van der Waals surface area contributed by atoms with Crippen LogP contribution in [0.25, 0.3) is 6.08 Å². The molecule has 5 atom stereocenters. The molecule has 0 aliphatic carbocycles. The van der Waals surface area contributed by atoms with E-state index in [0.717, 1.165) is 10.8 Å². The number of halogens is 1. The smallest absolute Gasteiger partial charge is 0.390 e. The van der Waals surface area contributed by atoms with E-state index >= 15 is 0 Å². The fourth-order valence-corrected chi connectivity index (χ4v) is 5.72. The zero-order valence-corrected chi connectivity index (χ0v) is 19.9. The number of nitrogens with one attached hydrogen (secondary N) is 1. The third kappa shape index (κ3) is 8.52. The first-order valence-electron chi connectivity index (χ1n) is 7.86. The number of rotatable bonds is 9. The standard InChI is InChI=1S/C11H16BrN2O14P3.H3N/c12-2-1-6-4-14(11(17)13-10(6)16)9-3-7(15)8(26-9)5-25-30(21,22)28-31(23,24)27-29(18,19)20;/h1-2,4,7-9,15H,3,5H2,(H,21,22)(H,23,24)(H,13,16,17)(H2,18,19,20);1H3/b2-1+;/t7?,8-,9-;/m1./s1. The quantitative estimate of drug-likeness (QED) is 0.187. The second-order valence-electron chi connectivity index (χ2n) is 5.86. The number of phosphoric ester groups is 1. The molecule has 1 aliphatic heterocycles. The topological polar surface area (TPSA) is 279 Å². The van der Waals surface area contributed by atoms with Crippen molar-refractivity contribution in [2.45, 2.75) is 24.9 Å². The van der Waals surface area contributed by atoms with E-state index in [1.54, 1.807) is 0 Å². The van der Waals surface area contributed by atoms with Gasteiger partial charge in [0.15, 0.2) is 0 Å². The van der Waals surface area contributed by atoms with Crippen LogP contribution in [0, 0.1) is 0 Å². The summed E-state index contributed by atoms with van der Waals surface area (Å²) in [7, 11) is -16.6. The van der Waals surface area contributed by atoms with Crippen LogP contribution in [0.15, 0.2) is 20.8 Å². The van der Waals surface area contributed by atoms with Crippen LogP contribution in [0.4, 0.5) is 0 Å². The van der Waals surface area contributed by atoms with E-state index in [4.69, 9.17) is 19.4 Å². The number of aliphatic hydroxyl groups is 1. The van der Waals surface area contributed by atoms with E-state index in [9.17, 15) is 33.3 Å². The van der Waals surface area contributed by atoms with Crippen molar-refractivity contribution in [1.82, 2.24) is 15.7 Å². The van der Waals surface area contributed by atoms with Gasteiger partial charge in [0.2, 0.25) is 0 Å². The van der Waals surface area contributed by atoms with Crippen molar-refractivity contribution < 1.29 is 56.3 Å². The van der Waals surface area contributed by atoms with E-state index in [2.05, 4.69) is 29.1 Å². The van der Waals surface area contributed by atoms with Crippen LogP contribution in [0.5, 0.6) is 0 Å². The van der Waals surface area contributed by atoms with Crippen LogP contribution in [-0.2, 0) is 31.6 Å². The van der Waals surface area contributed by atoms with Crippen LogP contribution < -0.4 is 17.4 Å². The fraction of sp³-hybridized carbons (Fsp3) is 0.455. The van der Waals surface area contributed by atoms with Gasteiger partial charge < -0.3 is 35.6 Å². The molecule has 0 amide bonds. The molecule has 184 valence electrons. The molecule has 0 radical (unpaired) electrons. The number of nitrogens with zero attached hydrogens (tertiary/aromatic N) is 1. The van der Waals surface area contributed by atoms with Crippen molar-refractivity contribution in [3.05, 3.63) is 37.6 Å². The Hall–Kier alpha value is -0.810. The van der Waals surface area contributed by atoms with Gasteiger partial charge in [-0.2, -0.15) is 8.62 Å². The average Bonchev–Trinajstić information content (AvgIpc) is 2.93. The summed E-state index contributed by atoms with van der Waals surface area (Å²) >= 11 is 2.98. The molecular weight excluding hydrogens is 571 g/mol. The van der Waals surface area contributed by atoms with Crippen LogP contribution in [0.2, 0.25) is 0 Å². The normalized spacial score (nSPS) is 25.2. The second kappa shape index (κ2) is 11.1. The molecule has 9 N–H and O–H groups in total. The van der Waals surface area contributed by atoms with Gasteiger partial charge in [-0.1, -0.05) is 15.9 Å². The lowest BCUT2D eigenvalue weighted by molar-refractivity contribution is -0.0450. The zero-order chi connectivity index (χ0) is 23.6. The van der Waals surface area contributed by atoms with Gasteiger partial charge in [-0.25, -0.2) is 18.5 Å². The summed E-state index contributed by atoms with van der Waals surface area (Å²) in [4.78, 5) is 62.6. The Morgan fingerprint density at radius 1 is 1.19 bits per heavy atom. The Morgan fingerprint density at radius 2 is 1.81 bits per heavy atom. The number of phosphoric acid groups is 3. The highest BCUT2D eigenvalue weighted by atomic mass is 79.9. The number of aromatic amines is 1. The van der Waals surface area contributed by atoms with Gasteiger partial charge in [-0.05, 0) is 11.1 Å². The molecule has 1 aliphatic rings. The Kier molecular flexibility index (Phi) is 10.1. The number of aromatic nitrogens is 2.